The molecule has 3 rings (SSSR count). The third kappa shape index (κ3) is 3.44. The van der Waals surface area contributed by atoms with Crippen LogP contribution >= 0.6 is 11.6 Å². The van der Waals surface area contributed by atoms with Crippen molar-refractivity contribution in [3.8, 4) is 0 Å². The van der Waals surface area contributed by atoms with Crippen molar-refractivity contribution in [3.63, 3.8) is 0 Å². The lowest BCUT2D eigenvalue weighted by Crippen LogP contribution is -2.19. The molecule has 3 aromatic rings. The zero-order valence-corrected chi connectivity index (χ0v) is 14.1. The van der Waals surface area contributed by atoms with Crippen molar-refractivity contribution in [2.75, 3.05) is 0 Å². The highest BCUT2D eigenvalue weighted by Gasteiger charge is 2.11. The van der Waals surface area contributed by atoms with Gasteiger partial charge in [-0.1, -0.05) is 41.4 Å². The fraction of sp³-hybridized carbons (Fsp3) is 0.105. The van der Waals surface area contributed by atoms with Gasteiger partial charge in [-0.25, -0.2) is 5.43 Å². The van der Waals surface area contributed by atoms with Crippen LogP contribution in [0.15, 0.2) is 53.6 Å². The van der Waals surface area contributed by atoms with Crippen molar-refractivity contribution in [2.24, 2.45) is 5.10 Å². The maximum atomic E-state index is 12.4. The van der Waals surface area contributed by atoms with Gasteiger partial charge >= 0.3 is 0 Å². The average Bonchev–Trinajstić information content (AvgIpc) is 2.56. The van der Waals surface area contributed by atoms with Crippen LogP contribution in [0.4, 0.5) is 0 Å². The Balaban J connectivity index is 1.83. The number of nitrogens with one attached hydrogen (secondary N) is 1. The predicted octanol–water partition coefficient (Wildman–Crippen LogP) is 4.27. The summed E-state index contributed by atoms with van der Waals surface area (Å²) in [7, 11) is 0. The molecule has 1 N–H and O–H groups in total. The van der Waals surface area contributed by atoms with Gasteiger partial charge in [0.2, 0.25) is 0 Å². The minimum absolute atomic E-state index is 0.299. The zero-order valence-electron chi connectivity index (χ0n) is 13.4. The first kappa shape index (κ1) is 16.1. The number of halogens is 1. The molecule has 0 bridgehead atoms. The number of amides is 1. The molecule has 0 aliphatic carbocycles. The van der Waals surface area contributed by atoms with Crippen LogP contribution in [0.25, 0.3) is 10.9 Å². The average molecular weight is 338 g/mol. The summed E-state index contributed by atoms with van der Waals surface area (Å²) in [6.07, 6.45) is 1.52. The first-order valence-electron chi connectivity index (χ1n) is 7.50. The number of pyridine rings is 1. The molecule has 0 atom stereocenters. The highest BCUT2D eigenvalue weighted by molar-refractivity contribution is 6.33. The van der Waals surface area contributed by atoms with Gasteiger partial charge in [0.1, 0.15) is 0 Å². The lowest BCUT2D eigenvalue weighted by atomic mass is 10.1. The quantitative estimate of drug-likeness (QED) is 0.573. The molecule has 0 spiro atoms. The number of carbonyl (C=O) groups is 1. The molecule has 0 radical (unpaired) electrons. The Labute approximate surface area is 145 Å². The monoisotopic (exact) mass is 337 g/mol. The second-order valence-corrected chi connectivity index (χ2v) is 5.95. The number of nitrogens with zero attached hydrogens (tertiary/aromatic N) is 2. The van der Waals surface area contributed by atoms with E-state index >= 15 is 0 Å². The van der Waals surface area contributed by atoms with Gasteiger partial charge in [0.15, 0.2) is 0 Å². The first-order chi connectivity index (χ1) is 11.5. The van der Waals surface area contributed by atoms with E-state index in [4.69, 9.17) is 11.6 Å². The number of aromatic nitrogens is 1. The van der Waals surface area contributed by atoms with E-state index in [1.165, 1.54) is 6.21 Å². The van der Waals surface area contributed by atoms with Gasteiger partial charge < -0.3 is 0 Å². The van der Waals surface area contributed by atoms with Crippen LogP contribution in [0.2, 0.25) is 5.02 Å². The Kier molecular flexibility index (Phi) is 4.58. The molecule has 1 heterocycles. The smallest absolute Gasteiger partial charge is 0.267 e. The molecule has 1 amide bonds. The van der Waals surface area contributed by atoms with Gasteiger partial charge in [-0.05, 0) is 38.1 Å². The van der Waals surface area contributed by atoms with Crippen molar-refractivity contribution in [2.45, 2.75) is 13.8 Å². The van der Waals surface area contributed by atoms with Crippen LogP contribution in [-0.4, -0.2) is 17.1 Å². The van der Waals surface area contributed by atoms with Crippen LogP contribution in [0.5, 0.6) is 0 Å². The topological polar surface area (TPSA) is 54.4 Å². The second kappa shape index (κ2) is 6.81. The van der Waals surface area contributed by atoms with Crippen molar-refractivity contribution in [3.05, 3.63) is 75.9 Å². The third-order valence-corrected chi connectivity index (χ3v) is 4.02. The largest absolute Gasteiger partial charge is 0.273 e. The number of carbonyl (C=O) groups excluding carboxylic acids is 1. The van der Waals surface area contributed by atoms with E-state index in [0.717, 1.165) is 22.0 Å². The summed E-state index contributed by atoms with van der Waals surface area (Å²) in [5.74, 6) is -0.299. The molecule has 4 nitrogen and oxygen atoms in total. The molecule has 2 aromatic carbocycles. The van der Waals surface area contributed by atoms with Gasteiger partial charge in [-0.15, -0.1) is 0 Å². The SMILES string of the molecule is Cc1ccc2nc(C)c(C(=O)NN=Cc3ccccc3Cl)cc2c1. The van der Waals surface area contributed by atoms with E-state index in [9.17, 15) is 4.79 Å². The molecule has 1 aromatic heterocycles. The molecular formula is C19H16ClN3O. The number of benzene rings is 2. The Hall–Kier alpha value is -2.72. The molecule has 0 unspecified atom stereocenters. The summed E-state index contributed by atoms with van der Waals surface area (Å²) < 4.78 is 0. The zero-order chi connectivity index (χ0) is 17.1. The number of rotatable bonds is 3. The van der Waals surface area contributed by atoms with Crippen LogP contribution in [0, 0.1) is 13.8 Å². The van der Waals surface area contributed by atoms with Crippen LogP contribution < -0.4 is 5.43 Å². The predicted molar refractivity (Wildman–Crippen MR) is 97.7 cm³/mol. The van der Waals surface area contributed by atoms with Gasteiger partial charge in [0, 0.05) is 16.0 Å². The van der Waals surface area contributed by atoms with Crippen LogP contribution in [0.3, 0.4) is 0 Å². The Bertz CT molecular complexity index is 950. The summed E-state index contributed by atoms with van der Waals surface area (Å²) in [5.41, 5.74) is 6.42. The van der Waals surface area contributed by atoms with E-state index in [1.54, 1.807) is 6.07 Å². The highest BCUT2D eigenvalue weighted by Crippen LogP contribution is 2.18. The fourth-order valence-corrected chi connectivity index (χ4v) is 2.61. The summed E-state index contributed by atoms with van der Waals surface area (Å²) in [6.45, 7) is 3.82. The maximum absolute atomic E-state index is 12.4. The van der Waals surface area contributed by atoms with Crippen molar-refractivity contribution < 1.29 is 4.79 Å². The Morgan fingerprint density at radius 2 is 1.96 bits per heavy atom. The lowest BCUT2D eigenvalue weighted by molar-refractivity contribution is 0.0954. The Morgan fingerprint density at radius 3 is 2.75 bits per heavy atom. The summed E-state index contributed by atoms with van der Waals surface area (Å²) in [4.78, 5) is 16.9. The number of fused-ring (bicyclic) bond motifs is 1. The molecule has 0 saturated heterocycles. The maximum Gasteiger partial charge on any atom is 0.273 e. The van der Waals surface area contributed by atoms with E-state index in [2.05, 4.69) is 15.5 Å². The normalized spacial score (nSPS) is 11.1. The van der Waals surface area contributed by atoms with Crippen molar-refractivity contribution >= 4 is 34.6 Å². The minimum Gasteiger partial charge on any atom is -0.267 e. The molecule has 0 saturated carbocycles. The minimum atomic E-state index is -0.299. The molecule has 120 valence electrons. The van der Waals surface area contributed by atoms with Gasteiger partial charge in [-0.2, -0.15) is 5.10 Å². The molecule has 0 aliphatic heterocycles. The first-order valence-corrected chi connectivity index (χ1v) is 7.88. The second-order valence-electron chi connectivity index (χ2n) is 5.54. The fourth-order valence-electron chi connectivity index (χ4n) is 2.42. The van der Waals surface area contributed by atoms with E-state index in [-0.39, 0.29) is 5.91 Å². The molecular weight excluding hydrogens is 322 g/mol. The highest BCUT2D eigenvalue weighted by atomic mass is 35.5. The standard InChI is InChI=1S/C19H16ClN3O/c1-12-7-8-18-15(9-12)10-16(13(2)22-18)19(24)23-21-11-14-5-3-4-6-17(14)20/h3-11H,1-2H3,(H,23,24). The summed E-state index contributed by atoms with van der Waals surface area (Å²) in [5, 5.41) is 5.49. The van der Waals surface area contributed by atoms with E-state index in [0.29, 0.717) is 16.3 Å². The summed E-state index contributed by atoms with van der Waals surface area (Å²) >= 11 is 6.05. The number of hydrogen-bond donors (Lipinski definition) is 1. The third-order valence-electron chi connectivity index (χ3n) is 3.68. The molecule has 0 fully saturated rings. The van der Waals surface area contributed by atoms with Gasteiger partial charge in [0.05, 0.1) is 23.0 Å². The molecule has 5 heteroatoms. The van der Waals surface area contributed by atoms with Crippen LogP contribution in [0.1, 0.15) is 27.2 Å². The number of hydrazone groups is 1. The number of hydrogen-bond acceptors (Lipinski definition) is 3. The van der Waals surface area contributed by atoms with E-state index < -0.39 is 0 Å². The van der Waals surface area contributed by atoms with Crippen LogP contribution in [-0.2, 0) is 0 Å². The van der Waals surface area contributed by atoms with E-state index in [1.807, 2.05) is 56.3 Å². The van der Waals surface area contributed by atoms with Crippen molar-refractivity contribution in [1.29, 1.82) is 0 Å². The lowest BCUT2D eigenvalue weighted by Gasteiger charge is -2.07. The molecule has 0 aliphatic rings. The molecule has 24 heavy (non-hydrogen) atoms. The summed E-state index contributed by atoms with van der Waals surface area (Å²) in [6, 6.07) is 15.1. The Morgan fingerprint density at radius 1 is 1.17 bits per heavy atom. The van der Waals surface area contributed by atoms with Gasteiger partial charge in [-0.3, -0.25) is 9.78 Å². The number of aryl methyl sites for hydroxylation is 2. The van der Waals surface area contributed by atoms with Gasteiger partial charge in [0.25, 0.3) is 5.91 Å². The van der Waals surface area contributed by atoms with Crippen molar-refractivity contribution in [1.82, 2.24) is 10.4 Å².